The van der Waals surface area contributed by atoms with E-state index in [4.69, 9.17) is 10.7 Å². The van der Waals surface area contributed by atoms with Gasteiger partial charge in [0.25, 0.3) is 5.56 Å². The van der Waals surface area contributed by atoms with Gasteiger partial charge < -0.3 is 5.73 Å². The Labute approximate surface area is 162 Å². The first-order chi connectivity index (χ1) is 12.9. The van der Waals surface area contributed by atoms with E-state index in [1.807, 2.05) is 19.2 Å². The second kappa shape index (κ2) is 8.05. The number of hydrogen-bond donors (Lipinski definition) is 1. The lowest BCUT2D eigenvalue weighted by Crippen LogP contribution is -2.26. The van der Waals surface area contributed by atoms with Gasteiger partial charge in [-0.2, -0.15) is 0 Å². The molecule has 0 saturated carbocycles. The Bertz CT molecular complexity index is 1020. The standard InChI is InChI=1S/C21H25N3O2S/c1-4-14-7-9-15(10-8-14)16-12-27-20-18(16)21(26)24(11-5-6-17(22)25)19(23-20)13(2)3/h7-10,12-13H,4-6,11H2,1-3H3,(H2,22,25). The fourth-order valence-electron chi connectivity index (χ4n) is 3.24. The molecule has 0 atom stereocenters. The van der Waals surface area contributed by atoms with Crippen LogP contribution in [0, 0.1) is 0 Å². The Morgan fingerprint density at radius 3 is 2.56 bits per heavy atom. The van der Waals surface area contributed by atoms with Gasteiger partial charge in [-0.05, 0) is 24.0 Å². The molecule has 0 saturated heterocycles. The normalized spacial score (nSPS) is 11.4. The van der Waals surface area contributed by atoms with Gasteiger partial charge in [-0.3, -0.25) is 14.2 Å². The molecule has 2 N–H and O–H groups in total. The smallest absolute Gasteiger partial charge is 0.262 e. The highest BCUT2D eigenvalue weighted by Gasteiger charge is 2.18. The fraction of sp³-hybridized carbons (Fsp3) is 0.381. The molecule has 3 rings (SSSR count). The Balaban J connectivity index is 2.12. The topological polar surface area (TPSA) is 78.0 Å². The molecule has 0 fully saturated rings. The molecular weight excluding hydrogens is 358 g/mol. The van der Waals surface area contributed by atoms with Gasteiger partial charge in [-0.1, -0.05) is 45.0 Å². The average molecular weight is 384 g/mol. The van der Waals surface area contributed by atoms with E-state index in [0.717, 1.165) is 28.2 Å². The molecule has 0 aliphatic carbocycles. The summed E-state index contributed by atoms with van der Waals surface area (Å²) in [5.41, 5.74) is 8.43. The Kier molecular flexibility index (Phi) is 5.75. The van der Waals surface area contributed by atoms with Crippen LogP contribution >= 0.6 is 11.3 Å². The van der Waals surface area contributed by atoms with Gasteiger partial charge in [0.2, 0.25) is 5.91 Å². The van der Waals surface area contributed by atoms with Crippen LogP contribution in [0.5, 0.6) is 0 Å². The number of rotatable bonds is 7. The highest BCUT2D eigenvalue weighted by molar-refractivity contribution is 7.17. The van der Waals surface area contributed by atoms with E-state index >= 15 is 0 Å². The van der Waals surface area contributed by atoms with Crippen LogP contribution in [0.4, 0.5) is 0 Å². The second-order valence-electron chi connectivity index (χ2n) is 7.03. The zero-order chi connectivity index (χ0) is 19.6. The predicted molar refractivity (Wildman–Crippen MR) is 111 cm³/mol. The molecule has 27 heavy (non-hydrogen) atoms. The number of fused-ring (bicyclic) bond motifs is 1. The first-order valence-corrected chi connectivity index (χ1v) is 10.2. The molecular formula is C21H25N3O2S. The largest absolute Gasteiger partial charge is 0.370 e. The molecule has 5 nitrogen and oxygen atoms in total. The lowest BCUT2D eigenvalue weighted by Gasteiger charge is -2.15. The maximum absolute atomic E-state index is 13.3. The summed E-state index contributed by atoms with van der Waals surface area (Å²) in [6, 6.07) is 8.32. The summed E-state index contributed by atoms with van der Waals surface area (Å²) >= 11 is 1.50. The molecule has 1 aromatic carbocycles. The summed E-state index contributed by atoms with van der Waals surface area (Å²) < 4.78 is 1.71. The van der Waals surface area contributed by atoms with Gasteiger partial charge in [0.15, 0.2) is 0 Å². The quantitative estimate of drug-likeness (QED) is 0.668. The van der Waals surface area contributed by atoms with Gasteiger partial charge in [-0.25, -0.2) is 4.98 Å². The van der Waals surface area contributed by atoms with Crippen LogP contribution in [0.3, 0.4) is 0 Å². The minimum Gasteiger partial charge on any atom is -0.370 e. The van der Waals surface area contributed by atoms with Crippen molar-refractivity contribution in [2.45, 2.75) is 52.5 Å². The van der Waals surface area contributed by atoms with Gasteiger partial charge in [-0.15, -0.1) is 11.3 Å². The molecule has 0 unspecified atom stereocenters. The fourth-order valence-corrected chi connectivity index (χ4v) is 4.19. The minimum atomic E-state index is -0.351. The molecule has 0 aliphatic heterocycles. The molecule has 0 spiro atoms. The Morgan fingerprint density at radius 1 is 1.26 bits per heavy atom. The van der Waals surface area contributed by atoms with Gasteiger partial charge >= 0.3 is 0 Å². The number of amides is 1. The van der Waals surface area contributed by atoms with Crippen LogP contribution < -0.4 is 11.3 Å². The second-order valence-corrected chi connectivity index (χ2v) is 7.89. The third-order valence-electron chi connectivity index (χ3n) is 4.72. The molecule has 3 aromatic rings. The summed E-state index contributed by atoms with van der Waals surface area (Å²) in [4.78, 5) is 29.9. The summed E-state index contributed by atoms with van der Waals surface area (Å²) in [5.74, 6) is 0.521. The number of benzene rings is 1. The van der Waals surface area contributed by atoms with Crippen molar-refractivity contribution in [1.29, 1.82) is 0 Å². The third kappa shape index (κ3) is 3.95. The molecule has 0 aliphatic rings. The van der Waals surface area contributed by atoms with Crippen molar-refractivity contribution in [1.82, 2.24) is 9.55 Å². The third-order valence-corrected chi connectivity index (χ3v) is 5.59. The first-order valence-electron chi connectivity index (χ1n) is 9.32. The number of carbonyl (C=O) groups excluding carboxylic acids is 1. The maximum Gasteiger partial charge on any atom is 0.262 e. The van der Waals surface area contributed by atoms with Gasteiger partial charge in [0.05, 0.1) is 5.39 Å². The van der Waals surface area contributed by atoms with Crippen LogP contribution in [-0.4, -0.2) is 15.5 Å². The number of aryl methyl sites for hydroxylation is 1. The Hall–Kier alpha value is -2.47. The molecule has 6 heteroatoms. The van der Waals surface area contributed by atoms with Crippen molar-refractivity contribution in [2.24, 2.45) is 5.73 Å². The molecule has 2 aromatic heterocycles. The summed E-state index contributed by atoms with van der Waals surface area (Å²) in [5, 5.41) is 2.67. The van der Waals surface area contributed by atoms with Crippen LogP contribution in [0.1, 0.15) is 50.9 Å². The zero-order valence-electron chi connectivity index (χ0n) is 16.0. The van der Waals surface area contributed by atoms with Crippen LogP contribution in [-0.2, 0) is 17.8 Å². The minimum absolute atomic E-state index is 0.0380. The van der Waals surface area contributed by atoms with Gasteiger partial charge in [0.1, 0.15) is 10.7 Å². The van der Waals surface area contributed by atoms with Crippen molar-refractivity contribution in [3.05, 3.63) is 51.4 Å². The Morgan fingerprint density at radius 2 is 1.96 bits per heavy atom. The highest BCUT2D eigenvalue weighted by Crippen LogP contribution is 2.32. The van der Waals surface area contributed by atoms with E-state index in [0.29, 0.717) is 18.4 Å². The lowest BCUT2D eigenvalue weighted by molar-refractivity contribution is -0.118. The number of primary amides is 1. The van der Waals surface area contributed by atoms with E-state index in [-0.39, 0.29) is 23.8 Å². The van der Waals surface area contributed by atoms with Crippen LogP contribution in [0.2, 0.25) is 0 Å². The lowest BCUT2D eigenvalue weighted by atomic mass is 10.0. The maximum atomic E-state index is 13.3. The summed E-state index contributed by atoms with van der Waals surface area (Å²) in [6.45, 7) is 6.62. The molecule has 142 valence electrons. The molecule has 0 bridgehead atoms. The number of nitrogens with two attached hydrogens (primary N) is 1. The van der Waals surface area contributed by atoms with Crippen molar-refractivity contribution in [3.8, 4) is 11.1 Å². The summed E-state index contributed by atoms with van der Waals surface area (Å²) in [6.07, 6.45) is 1.78. The van der Waals surface area contributed by atoms with Crippen LogP contribution in [0.25, 0.3) is 21.3 Å². The number of carbonyl (C=O) groups is 1. The number of hydrogen-bond acceptors (Lipinski definition) is 4. The van der Waals surface area contributed by atoms with Crippen molar-refractivity contribution >= 4 is 27.5 Å². The molecule has 2 heterocycles. The van der Waals surface area contributed by atoms with Gasteiger partial charge in [0, 0.05) is 29.8 Å². The predicted octanol–water partition coefficient (Wildman–Crippen LogP) is 4.08. The number of aromatic nitrogens is 2. The SMILES string of the molecule is CCc1ccc(-c2csc3nc(C(C)C)n(CCCC(N)=O)c(=O)c23)cc1. The monoisotopic (exact) mass is 383 g/mol. The van der Waals surface area contributed by atoms with Crippen molar-refractivity contribution in [3.63, 3.8) is 0 Å². The number of nitrogens with zero attached hydrogens (tertiary/aromatic N) is 2. The van der Waals surface area contributed by atoms with Crippen molar-refractivity contribution < 1.29 is 4.79 Å². The van der Waals surface area contributed by atoms with E-state index in [1.54, 1.807) is 4.57 Å². The van der Waals surface area contributed by atoms with E-state index in [2.05, 4.69) is 31.2 Å². The van der Waals surface area contributed by atoms with Crippen LogP contribution in [0.15, 0.2) is 34.4 Å². The molecule has 1 amide bonds. The molecule has 0 radical (unpaired) electrons. The first kappa shape index (κ1) is 19.3. The zero-order valence-corrected chi connectivity index (χ0v) is 16.8. The average Bonchev–Trinajstić information content (AvgIpc) is 3.07. The summed E-state index contributed by atoms with van der Waals surface area (Å²) in [7, 11) is 0. The highest BCUT2D eigenvalue weighted by atomic mass is 32.1. The number of thiophene rings is 1. The van der Waals surface area contributed by atoms with Crippen molar-refractivity contribution in [2.75, 3.05) is 0 Å². The van der Waals surface area contributed by atoms with E-state index in [1.165, 1.54) is 16.9 Å². The van der Waals surface area contributed by atoms with E-state index in [9.17, 15) is 9.59 Å². The van der Waals surface area contributed by atoms with E-state index < -0.39 is 0 Å².